The van der Waals surface area contributed by atoms with Crippen LogP contribution in [0.1, 0.15) is 41.5 Å². The first-order valence-corrected chi connectivity index (χ1v) is 22.9. The van der Waals surface area contributed by atoms with E-state index in [-0.39, 0.29) is 16.7 Å². The van der Waals surface area contributed by atoms with Crippen molar-refractivity contribution in [2.75, 3.05) is 6.61 Å². The van der Waals surface area contributed by atoms with Crippen LogP contribution < -0.4 is 20.7 Å². The number of thioether (sulfide) groups is 1. The Balaban J connectivity index is 1.62. The lowest BCUT2D eigenvalue weighted by Gasteiger charge is -2.54. The van der Waals surface area contributed by atoms with Gasteiger partial charge in [-0.2, -0.15) is 0 Å². The summed E-state index contributed by atoms with van der Waals surface area (Å²) in [6, 6.07) is 52.2. The number of aliphatic hydroxyl groups is 2. The highest BCUT2D eigenvalue weighted by Gasteiger charge is 2.60. The van der Waals surface area contributed by atoms with E-state index in [2.05, 4.69) is 151 Å². The summed E-state index contributed by atoms with van der Waals surface area (Å²) in [5, 5.41) is 27.0. The molecule has 0 spiro atoms. The summed E-state index contributed by atoms with van der Waals surface area (Å²) in [5.41, 5.74) is -0.618. The predicted octanol–water partition coefficient (Wildman–Crippen LogP) is 6.75. The minimum Gasteiger partial charge on any atom is -0.399 e. The van der Waals surface area contributed by atoms with Crippen molar-refractivity contribution in [1.82, 2.24) is 0 Å². The van der Waals surface area contributed by atoms with Gasteiger partial charge in [0.15, 0.2) is 0 Å². The molecule has 6 rings (SSSR count). The van der Waals surface area contributed by atoms with E-state index in [1.54, 1.807) is 11.8 Å². The third-order valence-corrected chi connectivity index (χ3v) is 21.5. The van der Waals surface area contributed by atoms with Crippen LogP contribution in [0.15, 0.2) is 157 Å². The topological polar surface area (TPSA) is 68.2 Å². The van der Waals surface area contributed by atoms with Crippen molar-refractivity contribution in [3.8, 4) is 0 Å². The SMILES string of the molecule is CC(C)(C)[Si](O[C@@H]1[C@@H](O[Si](c2ccccc2)(c2ccccc2)C(C)(C)C)[C@H](O)[C@@H](CO)O[C@@H]1Sc1ccccc1)(c1ccccc1)c1ccccc1. The quantitative estimate of drug-likeness (QED) is 0.146. The van der Waals surface area contributed by atoms with Crippen molar-refractivity contribution in [3.63, 3.8) is 0 Å². The van der Waals surface area contributed by atoms with Gasteiger partial charge in [0.1, 0.15) is 29.9 Å². The molecule has 272 valence electrons. The molecule has 0 radical (unpaired) electrons. The average molecular weight is 749 g/mol. The Morgan fingerprint density at radius 1 is 0.538 bits per heavy atom. The second kappa shape index (κ2) is 16.0. The van der Waals surface area contributed by atoms with Crippen molar-refractivity contribution >= 4 is 49.1 Å². The van der Waals surface area contributed by atoms with Crippen molar-refractivity contribution in [1.29, 1.82) is 0 Å². The molecule has 5 aromatic rings. The molecule has 5 aromatic carbocycles. The van der Waals surface area contributed by atoms with E-state index in [1.165, 1.54) is 0 Å². The number of benzene rings is 5. The van der Waals surface area contributed by atoms with Gasteiger partial charge in [0.05, 0.1) is 6.61 Å². The lowest BCUT2D eigenvalue weighted by Crippen LogP contribution is -2.75. The fourth-order valence-electron chi connectivity index (χ4n) is 7.82. The van der Waals surface area contributed by atoms with Gasteiger partial charge >= 0.3 is 0 Å². The minimum atomic E-state index is -3.24. The second-order valence-electron chi connectivity index (χ2n) is 15.6. The van der Waals surface area contributed by atoms with E-state index in [0.717, 1.165) is 25.6 Å². The van der Waals surface area contributed by atoms with E-state index in [4.69, 9.17) is 13.6 Å². The molecule has 2 N–H and O–H groups in total. The van der Waals surface area contributed by atoms with Gasteiger partial charge in [-0.1, -0.05) is 193 Å². The summed E-state index contributed by atoms with van der Waals surface area (Å²) < 4.78 is 22.5. The summed E-state index contributed by atoms with van der Waals surface area (Å²) in [5.74, 6) is 0. The fraction of sp³-hybridized carbons (Fsp3) is 0.318. The highest BCUT2D eigenvalue weighted by Crippen LogP contribution is 2.45. The van der Waals surface area contributed by atoms with Gasteiger partial charge in [-0.05, 0) is 43.0 Å². The van der Waals surface area contributed by atoms with Crippen LogP contribution in [0.4, 0.5) is 0 Å². The second-order valence-corrected chi connectivity index (χ2v) is 25.3. The van der Waals surface area contributed by atoms with Crippen molar-refractivity contribution in [3.05, 3.63) is 152 Å². The van der Waals surface area contributed by atoms with E-state index >= 15 is 0 Å². The zero-order chi connectivity index (χ0) is 37.0. The maximum absolute atomic E-state index is 12.5. The third-order valence-electron chi connectivity index (χ3n) is 10.3. The van der Waals surface area contributed by atoms with E-state index in [1.807, 2.05) is 42.5 Å². The zero-order valence-corrected chi connectivity index (χ0v) is 33.9. The normalized spacial score (nSPS) is 21.5. The Labute approximate surface area is 316 Å². The van der Waals surface area contributed by atoms with Gasteiger partial charge in [0.25, 0.3) is 16.6 Å². The molecule has 0 aromatic heterocycles. The summed E-state index contributed by atoms with van der Waals surface area (Å²) in [7, 11) is -6.45. The van der Waals surface area contributed by atoms with Gasteiger partial charge in [-0.25, -0.2) is 0 Å². The molecular weight excluding hydrogens is 697 g/mol. The van der Waals surface area contributed by atoms with Crippen LogP contribution in [0.2, 0.25) is 10.1 Å². The summed E-state index contributed by atoms with van der Waals surface area (Å²) >= 11 is 1.55. The molecule has 1 aliphatic rings. The Bertz CT molecular complexity index is 1760. The summed E-state index contributed by atoms with van der Waals surface area (Å²) in [6.45, 7) is 13.1. The van der Waals surface area contributed by atoms with Gasteiger partial charge < -0.3 is 23.8 Å². The van der Waals surface area contributed by atoms with Crippen LogP contribution in [-0.2, 0) is 13.6 Å². The molecule has 1 fully saturated rings. The lowest BCUT2D eigenvalue weighted by molar-refractivity contribution is -0.196. The van der Waals surface area contributed by atoms with Crippen LogP contribution in [0, 0.1) is 0 Å². The highest BCUT2D eigenvalue weighted by molar-refractivity contribution is 7.99. The van der Waals surface area contributed by atoms with E-state index < -0.39 is 46.5 Å². The van der Waals surface area contributed by atoms with Crippen LogP contribution >= 0.6 is 11.8 Å². The first-order valence-electron chi connectivity index (χ1n) is 18.2. The van der Waals surface area contributed by atoms with E-state index in [0.29, 0.717) is 0 Å². The Morgan fingerprint density at radius 3 is 1.19 bits per heavy atom. The number of rotatable bonds is 11. The summed E-state index contributed by atoms with van der Waals surface area (Å²) in [6.07, 6.45) is -3.66. The molecule has 1 aliphatic heterocycles. The molecule has 52 heavy (non-hydrogen) atoms. The highest BCUT2D eigenvalue weighted by atomic mass is 32.2. The molecule has 1 saturated heterocycles. The van der Waals surface area contributed by atoms with Crippen LogP contribution in [0.5, 0.6) is 0 Å². The first kappa shape index (κ1) is 38.4. The van der Waals surface area contributed by atoms with Gasteiger partial charge in [-0.15, -0.1) is 0 Å². The number of hydrogen-bond acceptors (Lipinski definition) is 6. The Kier molecular flexibility index (Phi) is 11.8. The Hall–Kier alpha value is -3.32. The van der Waals surface area contributed by atoms with E-state index in [9.17, 15) is 10.2 Å². The number of ether oxygens (including phenoxy) is 1. The smallest absolute Gasteiger partial charge is 0.261 e. The van der Waals surface area contributed by atoms with Gasteiger partial charge in [-0.3, -0.25) is 0 Å². The molecule has 0 bridgehead atoms. The summed E-state index contributed by atoms with van der Waals surface area (Å²) in [4.78, 5) is 1.00. The molecule has 5 atom stereocenters. The van der Waals surface area contributed by atoms with Gasteiger partial charge in [0, 0.05) is 4.90 Å². The van der Waals surface area contributed by atoms with Crippen molar-refractivity contribution in [2.24, 2.45) is 0 Å². The molecule has 0 aliphatic carbocycles. The first-order chi connectivity index (χ1) is 24.9. The minimum absolute atomic E-state index is 0.349. The molecule has 0 unspecified atom stereocenters. The van der Waals surface area contributed by atoms with Crippen molar-refractivity contribution < 1.29 is 23.8 Å². The van der Waals surface area contributed by atoms with Crippen LogP contribution in [0.25, 0.3) is 0 Å². The molecular formula is C44H52O5SSi2. The largest absolute Gasteiger partial charge is 0.399 e. The maximum atomic E-state index is 12.5. The number of hydrogen-bond donors (Lipinski definition) is 2. The molecule has 5 nitrogen and oxygen atoms in total. The zero-order valence-electron chi connectivity index (χ0n) is 31.1. The fourth-order valence-corrected chi connectivity index (χ4v) is 18.4. The van der Waals surface area contributed by atoms with Crippen LogP contribution in [-0.4, -0.2) is 63.3 Å². The van der Waals surface area contributed by atoms with Crippen LogP contribution in [0.3, 0.4) is 0 Å². The molecule has 0 amide bonds. The standard InChI is InChI=1S/C44H52O5SSi2/c1-43(2,3)51(34-24-14-8-15-25-34,35-26-16-9-17-27-35)48-40-39(46)38(32-45)47-42(50-33-22-12-7-13-23-33)41(40)49-52(44(4,5)6,36-28-18-10-19-29-36)37-30-20-11-21-31-37/h7-31,38-42,45-46H,32H2,1-6H3/t38-,39-,40+,41-,42-/m1/s1. The molecule has 1 heterocycles. The predicted molar refractivity (Wildman–Crippen MR) is 219 cm³/mol. The van der Waals surface area contributed by atoms with Gasteiger partial charge in [0.2, 0.25) is 0 Å². The lowest BCUT2D eigenvalue weighted by atomic mass is 10.0. The average Bonchev–Trinajstić information content (AvgIpc) is 3.15. The monoisotopic (exact) mass is 748 g/mol. The molecule has 0 saturated carbocycles. The molecule has 8 heteroatoms. The third kappa shape index (κ3) is 7.41. The maximum Gasteiger partial charge on any atom is 0.261 e. The number of aliphatic hydroxyl groups excluding tert-OH is 2. The van der Waals surface area contributed by atoms with Crippen molar-refractivity contribution in [2.45, 2.75) is 86.4 Å². The Morgan fingerprint density at radius 2 is 0.865 bits per heavy atom.